The lowest BCUT2D eigenvalue weighted by molar-refractivity contribution is -0.141. The Labute approximate surface area is 172 Å². The van der Waals surface area contributed by atoms with E-state index in [0.717, 1.165) is 25.1 Å². The minimum absolute atomic E-state index is 0.0474. The minimum atomic E-state index is -4.52. The van der Waals surface area contributed by atoms with Crippen molar-refractivity contribution in [3.8, 4) is 0 Å². The molecule has 0 spiro atoms. The number of anilines is 1. The normalized spacial score (nSPS) is 16.5. The van der Waals surface area contributed by atoms with Gasteiger partial charge in [0.05, 0.1) is 12.6 Å². The zero-order valence-corrected chi connectivity index (χ0v) is 16.8. The lowest BCUT2D eigenvalue weighted by Crippen LogP contribution is -2.17. The number of hydrogen-bond acceptors (Lipinski definition) is 5. The molecule has 2 aromatic rings. The van der Waals surface area contributed by atoms with E-state index < -0.39 is 23.8 Å². The van der Waals surface area contributed by atoms with Crippen LogP contribution in [-0.4, -0.2) is 27.3 Å². The number of nitrogens with zero attached hydrogens (tertiary/aromatic N) is 3. The molecule has 0 radical (unpaired) electrons. The molecule has 1 saturated carbocycles. The molecule has 4 N–H and O–H groups in total. The third-order valence-corrected chi connectivity index (χ3v) is 5.51. The topological polar surface area (TPSA) is 109 Å². The Morgan fingerprint density at radius 2 is 2.00 bits per heavy atom. The fourth-order valence-electron chi connectivity index (χ4n) is 3.80. The van der Waals surface area contributed by atoms with Crippen LogP contribution in [0.5, 0.6) is 0 Å². The number of carbonyl (C=O) groups excluding carboxylic acids is 1. The van der Waals surface area contributed by atoms with Crippen molar-refractivity contribution >= 4 is 11.7 Å². The van der Waals surface area contributed by atoms with Crippen LogP contribution in [0.4, 0.5) is 19.0 Å². The summed E-state index contributed by atoms with van der Waals surface area (Å²) in [5, 5.41) is 4.38. The van der Waals surface area contributed by atoms with Gasteiger partial charge in [-0.1, -0.05) is 25.3 Å². The average Bonchev–Trinajstić information content (AvgIpc) is 3.04. The van der Waals surface area contributed by atoms with Crippen molar-refractivity contribution in [3.05, 3.63) is 40.8 Å². The Kier molecular flexibility index (Phi) is 6.64. The second-order valence-electron chi connectivity index (χ2n) is 7.69. The predicted octanol–water partition coefficient (Wildman–Crippen LogP) is 3.68. The van der Waals surface area contributed by atoms with Crippen LogP contribution in [0, 0.1) is 5.92 Å². The van der Waals surface area contributed by atoms with Crippen molar-refractivity contribution in [2.75, 3.05) is 12.3 Å². The van der Waals surface area contributed by atoms with Crippen LogP contribution in [0.25, 0.3) is 0 Å². The Balaban J connectivity index is 1.77. The van der Waals surface area contributed by atoms with E-state index in [1.54, 1.807) is 6.92 Å². The van der Waals surface area contributed by atoms with Crippen LogP contribution >= 0.6 is 0 Å². The van der Waals surface area contributed by atoms with E-state index in [9.17, 15) is 18.0 Å². The fraction of sp³-hybridized carbons (Fsp3) is 0.550. The third kappa shape index (κ3) is 4.92. The summed E-state index contributed by atoms with van der Waals surface area (Å²) in [6, 6.07) is 1.66. The molecular weight excluding hydrogens is 399 g/mol. The molecule has 10 heteroatoms. The van der Waals surface area contributed by atoms with Gasteiger partial charge in [-0.15, -0.1) is 0 Å². The second-order valence-corrected chi connectivity index (χ2v) is 7.69. The van der Waals surface area contributed by atoms with Crippen molar-refractivity contribution < 1.29 is 22.7 Å². The SMILES string of the molecule is CC(c1ccc(C(F)(F)F)nc1)n1nc(COCC2CCCCC2)c(C(N)=O)c1N. The van der Waals surface area contributed by atoms with Crippen LogP contribution < -0.4 is 11.5 Å². The molecule has 0 aliphatic heterocycles. The third-order valence-electron chi connectivity index (χ3n) is 5.51. The molecule has 1 amide bonds. The van der Waals surface area contributed by atoms with E-state index in [1.807, 2.05) is 0 Å². The summed E-state index contributed by atoms with van der Waals surface area (Å²) in [6.07, 6.45) is 2.49. The number of rotatable bonds is 7. The van der Waals surface area contributed by atoms with Crippen molar-refractivity contribution in [1.29, 1.82) is 0 Å². The van der Waals surface area contributed by atoms with E-state index in [1.165, 1.54) is 30.0 Å². The number of pyridine rings is 1. The van der Waals surface area contributed by atoms with Crippen molar-refractivity contribution in [3.63, 3.8) is 0 Å². The number of primary amides is 1. The molecule has 0 saturated heterocycles. The molecule has 1 aliphatic carbocycles. The Hall–Kier alpha value is -2.62. The first-order chi connectivity index (χ1) is 14.2. The Morgan fingerprint density at radius 3 is 2.57 bits per heavy atom. The summed E-state index contributed by atoms with van der Waals surface area (Å²) >= 11 is 0. The number of amides is 1. The Morgan fingerprint density at radius 1 is 1.30 bits per heavy atom. The lowest BCUT2D eigenvalue weighted by atomic mass is 9.90. The van der Waals surface area contributed by atoms with Gasteiger partial charge in [0.1, 0.15) is 22.8 Å². The summed E-state index contributed by atoms with van der Waals surface area (Å²) in [7, 11) is 0. The molecule has 1 atom stereocenters. The van der Waals surface area contributed by atoms with Crippen LogP contribution in [-0.2, 0) is 17.5 Å². The minimum Gasteiger partial charge on any atom is -0.383 e. The maximum Gasteiger partial charge on any atom is 0.433 e. The largest absolute Gasteiger partial charge is 0.433 e. The lowest BCUT2D eigenvalue weighted by Gasteiger charge is -2.21. The molecule has 1 unspecified atom stereocenters. The zero-order valence-electron chi connectivity index (χ0n) is 16.8. The van der Waals surface area contributed by atoms with Gasteiger partial charge >= 0.3 is 6.18 Å². The molecule has 0 bridgehead atoms. The average molecular weight is 425 g/mol. The van der Waals surface area contributed by atoms with Gasteiger partial charge in [0.15, 0.2) is 0 Å². The summed E-state index contributed by atoms with van der Waals surface area (Å²) in [6.45, 7) is 2.36. The first-order valence-corrected chi connectivity index (χ1v) is 9.96. The summed E-state index contributed by atoms with van der Waals surface area (Å²) in [5.41, 5.74) is 11.5. The molecule has 7 nitrogen and oxygen atoms in total. The number of ether oxygens (including phenoxy) is 1. The molecule has 0 aromatic carbocycles. The first kappa shape index (κ1) is 22.1. The van der Waals surface area contributed by atoms with E-state index in [-0.39, 0.29) is 18.0 Å². The monoisotopic (exact) mass is 425 g/mol. The smallest absolute Gasteiger partial charge is 0.383 e. The van der Waals surface area contributed by atoms with Crippen LogP contribution in [0.1, 0.15) is 72.4 Å². The van der Waals surface area contributed by atoms with Crippen molar-refractivity contribution in [2.24, 2.45) is 11.7 Å². The number of hydrogen-bond donors (Lipinski definition) is 2. The maximum absolute atomic E-state index is 12.7. The van der Waals surface area contributed by atoms with E-state index in [4.69, 9.17) is 16.2 Å². The van der Waals surface area contributed by atoms with E-state index >= 15 is 0 Å². The molecule has 3 rings (SSSR count). The molecular formula is C20H26F3N5O2. The van der Waals surface area contributed by atoms with Gasteiger partial charge in [0.2, 0.25) is 0 Å². The van der Waals surface area contributed by atoms with Gasteiger partial charge in [0, 0.05) is 12.8 Å². The van der Waals surface area contributed by atoms with Gasteiger partial charge < -0.3 is 16.2 Å². The first-order valence-electron chi connectivity index (χ1n) is 9.96. The molecule has 2 heterocycles. The van der Waals surface area contributed by atoms with Crippen molar-refractivity contribution in [2.45, 2.75) is 57.9 Å². The van der Waals surface area contributed by atoms with Gasteiger partial charge in [-0.25, -0.2) is 4.68 Å². The molecule has 1 fully saturated rings. The highest BCUT2D eigenvalue weighted by Crippen LogP contribution is 2.30. The fourth-order valence-corrected chi connectivity index (χ4v) is 3.80. The molecule has 2 aromatic heterocycles. The summed E-state index contributed by atoms with van der Waals surface area (Å²) in [4.78, 5) is 15.4. The Bertz CT molecular complexity index is 874. The highest BCUT2D eigenvalue weighted by molar-refractivity contribution is 5.98. The molecule has 30 heavy (non-hydrogen) atoms. The molecule has 164 valence electrons. The van der Waals surface area contributed by atoms with Crippen LogP contribution in [0.15, 0.2) is 18.3 Å². The van der Waals surface area contributed by atoms with Crippen LogP contribution in [0.2, 0.25) is 0 Å². The highest BCUT2D eigenvalue weighted by Gasteiger charge is 2.32. The quantitative estimate of drug-likeness (QED) is 0.703. The van der Waals surface area contributed by atoms with E-state index in [2.05, 4.69) is 10.1 Å². The number of carbonyl (C=O) groups is 1. The number of alkyl halides is 3. The number of aromatic nitrogens is 3. The zero-order chi connectivity index (χ0) is 21.9. The van der Waals surface area contributed by atoms with Gasteiger partial charge in [-0.3, -0.25) is 9.78 Å². The standard InChI is InChI=1S/C20H26F3N5O2/c1-12(14-7-8-16(26-9-14)20(21,22)23)28-18(24)17(19(25)29)15(27-28)11-30-10-13-5-3-2-4-6-13/h7-9,12-13H,2-6,10-11,24H2,1H3,(H2,25,29). The molecule has 1 aliphatic rings. The van der Waals surface area contributed by atoms with Gasteiger partial charge in [0.25, 0.3) is 5.91 Å². The number of nitrogen functional groups attached to an aromatic ring is 1. The number of halogens is 3. The highest BCUT2D eigenvalue weighted by atomic mass is 19.4. The maximum atomic E-state index is 12.7. The number of nitrogens with two attached hydrogens (primary N) is 2. The summed E-state index contributed by atoms with van der Waals surface area (Å²) in [5.74, 6) is -0.189. The van der Waals surface area contributed by atoms with Crippen LogP contribution in [0.3, 0.4) is 0 Å². The predicted molar refractivity (Wildman–Crippen MR) is 104 cm³/mol. The summed E-state index contributed by atoms with van der Waals surface area (Å²) < 4.78 is 45.4. The van der Waals surface area contributed by atoms with Crippen molar-refractivity contribution in [1.82, 2.24) is 14.8 Å². The van der Waals surface area contributed by atoms with E-state index in [0.29, 0.717) is 23.8 Å². The van der Waals surface area contributed by atoms with Gasteiger partial charge in [-0.2, -0.15) is 18.3 Å². The van der Waals surface area contributed by atoms with Gasteiger partial charge in [-0.05, 0) is 37.3 Å². The second kappa shape index (κ2) is 9.03.